The van der Waals surface area contributed by atoms with Crippen molar-refractivity contribution in [3.63, 3.8) is 0 Å². The van der Waals surface area contributed by atoms with E-state index in [2.05, 4.69) is 28.6 Å². The first-order valence-electron chi connectivity index (χ1n) is 4.10. The Hall–Kier alpha value is -0.480. The normalized spacial score (nSPS) is 11.1. The first kappa shape index (κ1) is 11.6. The van der Waals surface area contributed by atoms with E-state index in [1.807, 2.05) is 0 Å². The molecule has 0 amide bonds. The third-order valence-corrected chi connectivity index (χ3v) is 2.15. The van der Waals surface area contributed by atoms with Gasteiger partial charge in [-0.25, -0.2) is 0 Å². The van der Waals surface area contributed by atoms with Gasteiger partial charge in [-0.2, -0.15) is 0 Å². The van der Waals surface area contributed by atoms with Crippen LogP contribution in [0.1, 0.15) is 13.8 Å². The molecule has 76 valence electrons. The van der Waals surface area contributed by atoms with Crippen molar-refractivity contribution in [3.05, 3.63) is 24.3 Å². The Bertz CT molecular complexity index is 327. The van der Waals surface area contributed by atoms with Crippen LogP contribution < -0.4 is 4.74 Å². The zero-order valence-corrected chi connectivity index (χ0v) is 10.4. The number of hydrogen-bond acceptors (Lipinski definition) is 3. The molecule has 0 aromatic heterocycles. The maximum Gasteiger partial charge on any atom is 0.327 e. The Morgan fingerprint density at radius 1 is 1.36 bits per heavy atom. The highest BCUT2D eigenvalue weighted by Gasteiger charge is 2.25. The predicted octanol–water partition coefficient (Wildman–Crippen LogP) is 3.05. The number of esters is 1. The molecule has 14 heavy (non-hydrogen) atoms. The third kappa shape index (κ3) is 3.35. The number of carbonyl (C=O) groups is 1. The van der Waals surface area contributed by atoms with Gasteiger partial charge in [0.2, 0.25) is 0 Å². The van der Waals surface area contributed by atoms with E-state index in [9.17, 15) is 4.79 Å². The summed E-state index contributed by atoms with van der Waals surface area (Å²) >= 11 is 7.36. The van der Waals surface area contributed by atoms with Gasteiger partial charge in [-0.15, -0.1) is 12.6 Å². The SMILES string of the molecule is CC(C)(Br)C(=O)Oc1ccc(S)cc1. The highest BCUT2D eigenvalue weighted by molar-refractivity contribution is 9.10. The smallest absolute Gasteiger partial charge is 0.327 e. The maximum atomic E-state index is 11.4. The van der Waals surface area contributed by atoms with Crippen LogP contribution >= 0.6 is 28.6 Å². The zero-order chi connectivity index (χ0) is 10.8. The van der Waals surface area contributed by atoms with Gasteiger partial charge in [0.25, 0.3) is 0 Å². The predicted molar refractivity (Wildman–Crippen MR) is 62.3 cm³/mol. The molecule has 1 rings (SSSR count). The highest BCUT2D eigenvalue weighted by Crippen LogP contribution is 2.21. The first-order valence-corrected chi connectivity index (χ1v) is 5.34. The van der Waals surface area contributed by atoms with Crippen LogP contribution in [-0.2, 0) is 4.79 Å². The molecule has 1 aromatic rings. The standard InChI is InChI=1S/C10H11BrO2S/c1-10(2,11)9(12)13-7-3-5-8(14)6-4-7/h3-6,14H,1-2H3. The number of hydrogen-bond donors (Lipinski definition) is 1. The molecule has 0 bridgehead atoms. The lowest BCUT2D eigenvalue weighted by Crippen LogP contribution is -2.29. The fourth-order valence-corrected chi connectivity index (χ4v) is 0.973. The molecule has 2 nitrogen and oxygen atoms in total. The summed E-state index contributed by atoms with van der Waals surface area (Å²) in [6.45, 7) is 3.48. The molecule has 0 saturated carbocycles. The second-order valence-electron chi connectivity index (χ2n) is 3.36. The molecule has 0 spiro atoms. The van der Waals surface area contributed by atoms with Gasteiger partial charge in [-0.3, -0.25) is 4.79 Å². The number of thiol groups is 1. The monoisotopic (exact) mass is 274 g/mol. The van der Waals surface area contributed by atoms with Gasteiger partial charge in [0.05, 0.1) is 0 Å². The molecular formula is C10H11BrO2S. The molecule has 0 radical (unpaired) electrons. The summed E-state index contributed by atoms with van der Waals surface area (Å²) in [5, 5.41) is 0. The highest BCUT2D eigenvalue weighted by atomic mass is 79.9. The number of carbonyl (C=O) groups excluding carboxylic acids is 1. The van der Waals surface area contributed by atoms with Crippen molar-refractivity contribution in [3.8, 4) is 5.75 Å². The van der Waals surface area contributed by atoms with Crippen LogP contribution in [0.2, 0.25) is 0 Å². The Morgan fingerprint density at radius 2 is 1.86 bits per heavy atom. The van der Waals surface area contributed by atoms with Crippen molar-refractivity contribution >= 4 is 34.5 Å². The first-order chi connectivity index (χ1) is 6.39. The molecule has 0 saturated heterocycles. The second kappa shape index (κ2) is 4.36. The van der Waals surface area contributed by atoms with Gasteiger partial charge >= 0.3 is 5.97 Å². The summed E-state index contributed by atoms with van der Waals surface area (Å²) in [7, 11) is 0. The van der Waals surface area contributed by atoms with E-state index >= 15 is 0 Å². The van der Waals surface area contributed by atoms with Gasteiger partial charge in [-0.05, 0) is 38.1 Å². The number of alkyl halides is 1. The second-order valence-corrected chi connectivity index (χ2v) is 5.85. The molecule has 1 aromatic carbocycles. The van der Waals surface area contributed by atoms with Crippen molar-refractivity contribution in [1.82, 2.24) is 0 Å². The minimum absolute atomic E-state index is 0.315. The van der Waals surface area contributed by atoms with Crippen LogP contribution in [0.3, 0.4) is 0 Å². The van der Waals surface area contributed by atoms with Crippen LogP contribution in [0.25, 0.3) is 0 Å². The minimum atomic E-state index is -0.660. The lowest BCUT2D eigenvalue weighted by atomic mass is 10.2. The van der Waals surface area contributed by atoms with Crippen LogP contribution in [0, 0.1) is 0 Å². The van der Waals surface area contributed by atoms with E-state index in [0.717, 1.165) is 4.90 Å². The van der Waals surface area contributed by atoms with Crippen molar-refractivity contribution < 1.29 is 9.53 Å². The van der Waals surface area contributed by atoms with Gasteiger partial charge in [-0.1, -0.05) is 15.9 Å². The molecule has 4 heteroatoms. The number of halogens is 1. The van der Waals surface area contributed by atoms with E-state index in [1.54, 1.807) is 38.1 Å². The van der Waals surface area contributed by atoms with E-state index < -0.39 is 4.32 Å². The zero-order valence-electron chi connectivity index (χ0n) is 7.95. The van der Waals surface area contributed by atoms with Crippen LogP contribution in [-0.4, -0.2) is 10.3 Å². The van der Waals surface area contributed by atoms with Crippen LogP contribution in [0.15, 0.2) is 29.2 Å². The number of ether oxygens (including phenoxy) is 1. The average molecular weight is 275 g/mol. The average Bonchev–Trinajstić information content (AvgIpc) is 2.07. The van der Waals surface area contributed by atoms with Crippen LogP contribution in [0.5, 0.6) is 5.75 Å². The lowest BCUT2D eigenvalue weighted by molar-refractivity contribution is -0.136. The number of benzene rings is 1. The fraction of sp³-hybridized carbons (Fsp3) is 0.300. The summed E-state index contributed by atoms with van der Waals surface area (Å²) in [4.78, 5) is 12.3. The molecule has 0 unspecified atom stereocenters. The Kier molecular flexibility index (Phi) is 3.61. The molecule has 0 heterocycles. The van der Waals surface area contributed by atoms with Gasteiger partial charge in [0, 0.05) is 4.90 Å². The van der Waals surface area contributed by atoms with E-state index in [1.165, 1.54) is 0 Å². The van der Waals surface area contributed by atoms with Crippen molar-refractivity contribution in [2.24, 2.45) is 0 Å². The van der Waals surface area contributed by atoms with Crippen LogP contribution in [0.4, 0.5) is 0 Å². The minimum Gasteiger partial charge on any atom is -0.426 e. The summed E-state index contributed by atoms with van der Waals surface area (Å²) < 4.78 is 4.45. The lowest BCUT2D eigenvalue weighted by Gasteiger charge is -2.14. The van der Waals surface area contributed by atoms with Gasteiger partial charge < -0.3 is 4.74 Å². The Labute approximate surface area is 97.2 Å². The summed E-state index contributed by atoms with van der Waals surface area (Å²) in [5.41, 5.74) is 0. The quantitative estimate of drug-likeness (QED) is 0.388. The van der Waals surface area contributed by atoms with Crippen molar-refractivity contribution in [1.29, 1.82) is 0 Å². The summed E-state index contributed by atoms with van der Waals surface area (Å²) in [6, 6.07) is 6.96. The molecule has 0 atom stereocenters. The van der Waals surface area contributed by atoms with Crippen molar-refractivity contribution in [2.75, 3.05) is 0 Å². The fourth-order valence-electron chi connectivity index (χ4n) is 0.743. The van der Waals surface area contributed by atoms with Gasteiger partial charge in [0.15, 0.2) is 0 Å². The molecule has 0 aliphatic carbocycles. The number of rotatable bonds is 2. The summed E-state index contributed by atoms with van der Waals surface area (Å²) in [6.07, 6.45) is 0. The van der Waals surface area contributed by atoms with E-state index in [-0.39, 0.29) is 5.97 Å². The topological polar surface area (TPSA) is 26.3 Å². The molecule has 0 N–H and O–H groups in total. The van der Waals surface area contributed by atoms with E-state index in [4.69, 9.17) is 4.74 Å². The molecular weight excluding hydrogens is 264 g/mol. The van der Waals surface area contributed by atoms with Gasteiger partial charge in [0.1, 0.15) is 10.1 Å². The van der Waals surface area contributed by atoms with Crippen molar-refractivity contribution in [2.45, 2.75) is 23.1 Å². The molecule has 0 fully saturated rings. The van der Waals surface area contributed by atoms with E-state index in [0.29, 0.717) is 5.75 Å². The largest absolute Gasteiger partial charge is 0.426 e. The third-order valence-electron chi connectivity index (χ3n) is 1.53. The molecule has 0 aliphatic heterocycles. The Morgan fingerprint density at radius 3 is 2.29 bits per heavy atom. The summed E-state index contributed by atoms with van der Waals surface area (Å²) in [5.74, 6) is 0.213. The maximum absolute atomic E-state index is 11.4. The Balaban J connectivity index is 2.71. The molecule has 0 aliphatic rings.